The summed E-state index contributed by atoms with van der Waals surface area (Å²) in [5, 5.41) is 17.6. The molecule has 11 heteroatoms. The Morgan fingerprint density at radius 1 is 1.04 bits per heavy atom. The molecule has 0 bridgehead atoms. The summed E-state index contributed by atoms with van der Waals surface area (Å²) in [5.74, 6) is -4.31. The third kappa shape index (κ3) is 6.78. The molecule has 0 aromatic heterocycles. The first-order valence-corrected chi connectivity index (χ1v) is 9.01. The van der Waals surface area contributed by atoms with Gasteiger partial charge in [-0.3, -0.25) is 19.7 Å². The second-order valence-corrected chi connectivity index (χ2v) is 7.56. The number of carboxylic acids is 1. The Hall–Kier alpha value is -2.72. The van der Waals surface area contributed by atoms with Crippen LogP contribution in [0, 0.1) is 11.8 Å². The van der Waals surface area contributed by atoms with Crippen LogP contribution in [-0.2, 0) is 19.2 Å². The van der Waals surface area contributed by atoms with Gasteiger partial charge in [-0.25, -0.2) is 14.0 Å². The van der Waals surface area contributed by atoms with Crippen LogP contribution in [0.2, 0.25) is 0 Å². The van der Waals surface area contributed by atoms with Gasteiger partial charge in [0.1, 0.15) is 18.1 Å². The van der Waals surface area contributed by atoms with Crippen LogP contribution in [0.15, 0.2) is 0 Å². The Bertz CT molecular complexity index is 639. The zero-order chi connectivity index (χ0) is 21.6. The van der Waals surface area contributed by atoms with Crippen molar-refractivity contribution >= 4 is 29.7 Å². The molecule has 0 aromatic carbocycles. The first-order chi connectivity index (χ1) is 12.9. The SMILES string of the molecule is CC(C)C[C@H](NC(=O)[C@H](CC(C)C)NC(=O)C1NC(=O)NC(=O)C1F)C(=O)O. The fraction of sp³-hybridized carbons (Fsp3) is 0.706. The maximum absolute atomic E-state index is 14.0. The molecule has 1 aliphatic rings. The first-order valence-electron chi connectivity index (χ1n) is 9.01. The Balaban J connectivity index is 2.90. The van der Waals surface area contributed by atoms with Crippen LogP contribution in [0.5, 0.6) is 0 Å². The molecule has 10 nitrogen and oxygen atoms in total. The molecule has 0 aliphatic carbocycles. The van der Waals surface area contributed by atoms with Crippen molar-refractivity contribution in [2.75, 3.05) is 0 Å². The van der Waals surface area contributed by atoms with Gasteiger partial charge in [0.2, 0.25) is 18.0 Å². The van der Waals surface area contributed by atoms with E-state index in [9.17, 15) is 33.5 Å². The molecule has 0 spiro atoms. The second-order valence-electron chi connectivity index (χ2n) is 7.56. The van der Waals surface area contributed by atoms with Gasteiger partial charge in [0.15, 0.2) is 0 Å². The topological polar surface area (TPSA) is 154 Å². The van der Waals surface area contributed by atoms with Gasteiger partial charge in [0.25, 0.3) is 5.91 Å². The van der Waals surface area contributed by atoms with Crippen molar-refractivity contribution in [3.05, 3.63) is 0 Å². The number of amides is 5. The molecular weight excluding hydrogens is 375 g/mol. The van der Waals surface area contributed by atoms with Crippen LogP contribution in [0.25, 0.3) is 0 Å². The highest BCUT2D eigenvalue weighted by molar-refractivity contribution is 6.05. The lowest BCUT2D eigenvalue weighted by Crippen LogP contribution is -2.66. The summed E-state index contributed by atoms with van der Waals surface area (Å²) in [6.45, 7) is 7.16. The van der Waals surface area contributed by atoms with E-state index >= 15 is 0 Å². The van der Waals surface area contributed by atoms with Gasteiger partial charge in [-0.2, -0.15) is 0 Å². The number of carbonyl (C=O) groups is 5. The quantitative estimate of drug-likeness (QED) is 0.356. The van der Waals surface area contributed by atoms with Gasteiger partial charge in [0.05, 0.1) is 0 Å². The van der Waals surface area contributed by atoms with Crippen LogP contribution in [0.3, 0.4) is 0 Å². The Morgan fingerprint density at radius 3 is 2.07 bits per heavy atom. The monoisotopic (exact) mass is 402 g/mol. The van der Waals surface area contributed by atoms with E-state index in [2.05, 4.69) is 10.6 Å². The summed E-state index contributed by atoms with van der Waals surface area (Å²) < 4.78 is 14.0. The van der Waals surface area contributed by atoms with Crippen LogP contribution in [0.4, 0.5) is 9.18 Å². The minimum Gasteiger partial charge on any atom is -0.480 e. The van der Waals surface area contributed by atoms with Gasteiger partial charge in [-0.05, 0) is 24.7 Å². The van der Waals surface area contributed by atoms with E-state index in [0.29, 0.717) is 0 Å². The number of hydrogen-bond donors (Lipinski definition) is 5. The zero-order valence-corrected chi connectivity index (χ0v) is 16.2. The average Bonchev–Trinajstić information content (AvgIpc) is 2.55. The van der Waals surface area contributed by atoms with Crippen molar-refractivity contribution in [3.8, 4) is 0 Å². The minimum absolute atomic E-state index is 0.00259. The number of carboxylic acid groups (broad SMARTS) is 1. The van der Waals surface area contributed by atoms with Crippen molar-refractivity contribution < 1.29 is 33.5 Å². The van der Waals surface area contributed by atoms with Crippen molar-refractivity contribution in [1.82, 2.24) is 21.3 Å². The largest absolute Gasteiger partial charge is 0.480 e. The standard InChI is InChI=1S/C17H27FN4O6/c1-7(2)5-9(13(23)20-10(16(26)27)6-8(3)4)19-15(25)12-11(18)14(24)22-17(28)21-12/h7-12H,5-6H2,1-4H3,(H,19,25)(H,20,23)(H,26,27)(H2,21,22,24,28)/t9-,10-,11?,12?/m0/s1. The van der Waals surface area contributed by atoms with E-state index in [1.165, 1.54) is 0 Å². The lowest BCUT2D eigenvalue weighted by atomic mass is 10.00. The highest BCUT2D eigenvalue weighted by Crippen LogP contribution is 2.11. The maximum Gasteiger partial charge on any atom is 0.326 e. The predicted octanol–water partition coefficient (Wildman–Crippen LogP) is -0.321. The van der Waals surface area contributed by atoms with Gasteiger partial charge in [-0.1, -0.05) is 27.7 Å². The number of urea groups is 1. The van der Waals surface area contributed by atoms with Crippen LogP contribution in [0.1, 0.15) is 40.5 Å². The summed E-state index contributed by atoms with van der Waals surface area (Å²) in [4.78, 5) is 59.0. The van der Waals surface area contributed by atoms with E-state index < -0.39 is 54.0 Å². The third-order valence-electron chi connectivity index (χ3n) is 4.01. The van der Waals surface area contributed by atoms with Crippen LogP contribution < -0.4 is 21.3 Å². The highest BCUT2D eigenvalue weighted by Gasteiger charge is 2.41. The normalized spacial score (nSPS) is 21.5. The lowest BCUT2D eigenvalue weighted by Gasteiger charge is -2.28. The lowest BCUT2D eigenvalue weighted by molar-refractivity contribution is -0.143. The molecular formula is C17H27FN4O6. The highest BCUT2D eigenvalue weighted by atomic mass is 19.1. The first kappa shape index (κ1) is 23.3. The van der Waals surface area contributed by atoms with Crippen molar-refractivity contribution in [2.24, 2.45) is 11.8 Å². The number of hydrogen-bond acceptors (Lipinski definition) is 5. The predicted molar refractivity (Wildman–Crippen MR) is 95.8 cm³/mol. The number of nitrogens with one attached hydrogen (secondary N) is 4. The molecule has 0 aromatic rings. The molecule has 1 fully saturated rings. The van der Waals surface area contributed by atoms with Gasteiger partial charge in [-0.15, -0.1) is 0 Å². The van der Waals surface area contributed by atoms with E-state index in [1.54, 1.807) is 33.0 Å². The third-order valence-corrected chi connectivity index (χ3v) is 4.01. The number of aliphatic carboxylic acids is 1. The zero-order valence-electron chi connectivity index (χ0n) is 16.2. The smallest absolute Gasteiger partial charge is 0.326 e. The number of carbonyl (C=O) groups excluding carboxylic acids is 4. The second kappa shape index (κ2) is 10.00. The maximum atomic E-state index is 14.0. The van der Waals surface area contributed by atoms with E-state index in [0.717, 1.165) is 0 Å². The molecule has 158 valence electrons. The van der Waals surface area contributed by atoms with Crippen LogP contribution >= 0.6 is 0 Å². The molecule has 5 amide bonds. The van der Waals surface area contributed by atoms with E-state index in [1.807, 2.05) is 5.32 Å². The minimum atomic E-state index is -2.31. The number of halogens is 1. The number of alkyl halides is 1. The van der Waals surface area contributed by atoms with Crippen molar-refractivity contribution in [3.63, 3.8) is 0 Å². The van der Waals surface area contributed by atoms with Gasteiger partial charge in [0, 0.05) is 0 Å². The molecule has 1 heterocycles. The van der Waals surface area contributed by atoms with Crippen LogP contribution in [-0.4, -0.2) is 59.1 Å². The summed E-state index contributed by atoms with van der Waals surface area (Å²) in [6.07, 6.45) is -1.97. The van der Waals surface area contributed by atoms with Gasteiger partial charge >= 0.3 is 12.0 Å². The molecule has 0 radical (unpaired) electrons. The molecule has 1 saturated heterocycles. The molecule has 1 rings (SSSR count). The number of rotatable bonds is 9. The molecule has 28 heavy (non-hydrogen) atoms. The summed E-state index contributed by atoms with van der Waals surface area (Å²) in [5.41, 5.74) is 0. The molecule has 1 aliphatic heterocycles. The Labute approximate surface area is 162 Å². The van der Waals surface area contributed by atoms with Crippen molar-refractivity contribution in [1.29, 1.82) is 0 Å². The Morgan fingerprint density at radius 2 is 1.57 bits per heavy atom. The molecule has 4 atom stereocenters. The summed E-state index contributed by atoms with van der Waals surface area (Å²) in [6, 6.07) is -5.11. The summed E-state index contributed by atoms with van der Waals surface area (Å²) >= 11 is 0. The molecule has 2 unspecified atom stereocenters. The summed E-state index contributed by atoms with van der Waals surface area (Å²) in [7, 11) is 0. The fourth-order valence-electron chi connectivity index (χ4n) is 2.71. The molecule has 5 N–H and O–H groups in total. The average molecular weight is 402 g/mol. The van der Waals surface area contributed by atoms with E-state index in [4.69, 9.17) is 0 Å². The Kier molecular flexibility index (Phi) is 8.33. The van der Waals surface area contributed by atoms with Gasteiger partial charge < -0.3 is 21.1 Å². The van der Waals surface area contributed by atoms with Crippen molar-refractivity contribution in [2.45, 2.75) is 64.8 Å². The fourth-order valence-corrected chi connectivity index (χ4v) is 2.71. The number of imide groups is 1. The van der Waals surface area contributed by atoms with E-state index in [-0.39, 0.29) is 24.7 Å². The molecule has 0 saturated carbocycles.